The molecular formula is C15H17F3N4O4. The number of hydrogen-bond acceptors (Lipinski definition) is 5. The summed E-state index contributed by atoms with van der Waals surface area (Å²) >= 11 is 0. The van der Waals surface area contributed by atoms with Gasteiger partial charge in [0.15, 0.2) is 0 Å². The van der Waals surface area contributed by atoms with Gasteiger partial charge in [-0.15, -0.1) is 0 Å². The summed E-state index contributed by atoms with van der Waals surface area (Å²) in [7, 11) is 0. The summed E-state index contributed by atoms with van der Waals surface area (Å²) in [4.78, 5) is 21.4. The average molecular weight is 374 g/mol. The maximum absolute atomic E-state index is 12.6. The molecule has 0 aliphatic rings. The van der Waals surface area contributed by atoms with Gasteiger partial charge < -0.3 is 15.4 Å². The van der Waals surface area contributed by atoms with E-state index in [-0.39, 0.29) is 11.7 Å². The number of ether oxygens (including phenoxy) is 1. The zero-order chi connectivity index (χ0) is 20.1. The Morgan fingerprint density at radius 1 is 1.38 bits per heavy atom. The zero-order valence-electron chi connectivity index (χ0n) is 14.1. The van der Waals surface area contributed by atoms with E-state index in [1.807, 2.05) is 0 Å². The molecule has 0 atom stereocenters. The van der Waals surface area contributed by atoms with Gasteiger partial charge in [-0.1, -0.05) is 0 Å². The van der Waals surface area contributed by atoms with E-state index in [9.17, 15) is 28.1 Å². The SMILES string of the molecule is C/C(=C/C(=N)Oc1ccc(C(F)(F)F)cc1[N+](=O)[O-])NC(=O)NC(C)C. The lowest BCUT2D eigenvalue weighted by atomic mass is 10.2. The number of carbonyl (C=O) groups excluding carboxylic acids is 1. The summed E-state index contributed by atoms with van der Waals surface area (Å²) < 4.78 is 42.9. The highest BCUT2D eigenvalue weighted by molar-refractivity contribution is 5.89. The van der Waals surface area contributed by atoms with Crippen LogP contribution in [0.1, 0.15) is 26.3 Å². The first-order valence-corrected chi connectivity index (χ1v) is 7.28. The van der Waals surface area contributed by atoms with Gasteiger partial charge in [0.1, 0.15) is 0 Å². The Balaban J connectivity index is 2.94. The molecule has 0 radical (unpaired) electrons. The predicted octanol–water partition coefficient (Wildman–Crippen LogP) is 3.58. The molecule has 1 aromatic carbocycles. The number of nitro groups is 1. The Morgan fingerprint density at radius 3 is 2.50 bits per heavy atom. The van der Waals surface area contributed by atoms with Crippen molar-refractivity contribution in [1.29, 1.82) is 5.41 Å². The van der Waals surface area contributed by atoms with Crippen molar-refractivity contribution in [1.82, 2.24) is 10.6 Å². The van der Waals surface area contributed by atoms with Gasteiger partial charge in [0, 0.05) is 23.9 Å². The fourth-order valence-electron chi connectivity index (χ4n) is 1.78. The highest BCUT2D eigenvalue weighted by Crippen LogP contribution is 2.36. The monoisotopic (exact) mass is 374 g/mol. The van der Waals surface area contributed by atoms with E-state index < -0.39 is 40.0 Å². The molecule has 11 heteroatoms. The topological polar surface area (TPSA) is 117 Å². The number of halogens is 3. The lowest BCUT2D eigenvalue weighted by molar-refractivity contribution is -0.385. The third kappa shape index (κ3) is 6.42. The van der Waals surface area contributed by atoms with Gasteiger partial charge in [0.2, 0.25) is 11.6 Å². The molecule has 0 spiro atoms. The van der Waals surface area contributed by atoms with Gasteiger partial charge in [-0.2, -0.15) is 13.2 Å². The normalized spacial score (nSPS) is 11.9. The van der Waals surface area contributed by atoms with E-state index >= 15 is 0 Å². The third-order valence-corrected chi connectivity index (χ3v) is 2.78. The van der Waals surface area contributed by atoms with Crippen LogP contribution in [-0.4, -0.2) is 22.9 Å². The molecule has 2 amide bonds. The van der Waals surface area contributed by atoms with Gasteiger partial charge in [-0.25, -0.2) is 4.79 Å². The molecule has 3 N–H and O–H groups in total. The van der Waals surface area contributed by atoms with Crippen LogP contribution in [0.3, 0.4) is 0 Å². The first kappa shape index (κ1) is 20.9. The molecular weight excluding hydrogens is 357 g/mol. The molecule has 0 aromatic heterocycles. The van der Waals surface area contributed by atoms with Crippen molar-refractivity contribution in [2.75, 3.05) is 0 Å². The van der Waals surface area contributed by atoms with Crippen LogP contribution in [0, 0.1) is 15.5 Å². The Labute approximate surface area is 146 Å². The van der Waals surface area contributed by atoms with Crippen LogP contribution in [0.5, 0.6) is 5.75 Å². The zero-order valence-corrected chi connectivity index (χ0v) is 14.1. The van der Waals surface area contributed by atoms with E-state index in [1.165, 1.54) is 6.92 Å². The molecule has 1 rings (SSSR count). The largest absolute Gasteiger partial charge is 0.432 e. The van der Waals surface area contributed by atoms with Crippen LogP contribution in [0.2, 0.25) is 0 Å². The van der Waals surface area contributed by atoms with Gasteiger partial charge in [0.25, 0.3) is 0 Å². The van der Waals surface area contributed by atoms with Gasteiger partial charge >= 0.3 is 17.9 Å². The molecule has 0 aliphatic heterocycles. The van der Waals surface area contributed by atoms with Crippen molar-refractivity contribution < 1.29 is 27.6 Å². The van der Waals surface area contributed by atoms with E-state index in [2.05, 4.69) is 10.6 Å². The number of nitrogens with one attached hydrogen (secondary N) is 3. The summed E-state index contributed by atoms with van der Waals surface area (Å²) in [6.07, 6.45) is -3.69. The average Bonchev–Trinajstić information content (AvgIpc) is 2.44. The van der Waals surface area contributed by atoms with Crippen molar-refractivity contribution in [2.45, 2.75) is 33.0 Å². The third-order valence-electron chi connectivity index (χ3n) is 2.78. The van der Waals surface area contributed by atoms with E-state index in [1.54, 1.807) is 13.8 Å². The summed E-state index contributed by atoms with van der Waals surface area (Å²) in [6.45, 7) is 4.93. The summed E-state index contributed by atoms with van der Waals surface area (Å²) in [6, 6.07) is 1.06. The maximum atomic E-state index is 12.6. The second-order valence-corrected chi connectivity index (χ2v) is 5.48. The Morgan fingerprint density at radius 2 is 2.00 bits per heavy atom. The highest BCUT2D eigenvalue weighted by Gasteiger charge is 2.33. The van der Waals surface area contributed by atoms with Gasteiger partial charge in [-0.05, 0) is 32.9 Å². The number of carbonyl (C=O) groups is 1. The fraction of sp³-hybridized carbons (Fsp3) is 0.333. The lowest BCUT2D eigenvalue weighted by Gasteiger charge is -2.11. The molecule has 0 saturated heterocycles. The van der Waals surface area contributed by atoms with Crippen LogP contribution in [0.4, 0.5) is 23.7 Å². The first-order chi connectivity index (χ1) is 11.9. The summed E-state index contributed by atoms with van der Waals surface area (Å²) in [5.41, 5.74) is -1.94. The quantitative estimate of drug-likeness (QED) is 0.316. The summed E-state index contributed by atoms with van der Waals surface area (Å²) in [5.74, 6) is -1.13. The minimum atomic E-state index is -4.75. The molecule has 0 aliphatic carbocycles. The van der Waals surface area contributed by atoms with Crippen molar-refractivity contribution >= 4 is 17.6 Å². The molecule has 0 saturated carbocycles. The van der Waals surface area contributed by atoms with Crippen LogP contribution in [0.15, 0.2) is 30.0 Å². The number of nitro benzene ring substituents is 1. The minimum absolute atomic E-state index is 0.117. The van der Waals surface area contributed by atoms with Crippen LogP contribution >= 0.6 is 0 Å². The Kier molecular flexibility index (Phi) is 6.70. The number of hydrogen-bond donors (Lipinski definition) is 3. The molecule has 26 heavy (non-hydrogen) atoms. The number of alkyl halides is 3. The minimum Gasteiger partial charge on any atom is -0.432 e. The Bertz CT molecular complexity index is 745. The van der Waals surface area contributed by atoms with E-state index in [0.717, 1.165) is 12.1 Å². The standard InChI is InChI=1S/C15H17F3N4O4/c1-8(2)20-14(23)21-9(3)6-13(19)26-12-5-4-10(15(16,17)18)7-11(12)22(24)25/h4-8,19H,1-3H3,(H2,20,21,23)/b9-6-,19-13?. The van der Waals surface area contributed by atoms with E-state index in [4.69, 9.17) is 10.1 Å². The molecule has 1 aromatic rings. The predicted molar refractivity (Wildman–Crippen MR) is 87.0 cm³/mol. The summed E-state index contributed by atoms with van der Waals surface area (Å²) in [5, 5.41) is 23.5. The fourth-order valence-corrected chi connectivity index (χ4v) is 1.78. The van der Waals surface area contributed by atoms with Crippen molar-refractivity contribution in [2.24, 2.45) is 0 Å². The maximum Gasteiger partial charge on any atom is 0.416 e. The van der Waals surface area contributed by atoms with Crippen molar-refractivity contribution in [3.63, 3.8) is 0 Å². The second kappa shape index (κ2) is 8.32. The smallest absolute Gasteiger partial charge is 0.416 e. The lowest BCUT2D eigenvalue weighted by Crippen LogP contribution is -2.38. The number of amides is 2. The molecule has 0 heterocycles. The first-order valence-electron chi connectivity index (χ1n) is 7.28. The van der Waals surface area contributed by atoms with E-state index in [0.29, 0.717) is 12.1 Å². The molecule has 8 nitrogen and oxygen atoms in total. The van der Waals surface area contributed by atoms with Crippen LogP contribution < -0.4 is 15.4 Å². The molecule has 0 fully saturated rings. The highest BCUT2D eigenvalue weighted by atomic mass is 19.4. The number of urea groups is 1. The number of benzene rings is 1. The van der Waals surface area contributed by atoms with Crippen molar-refractivity contribution in [3.05, 3.63) is 45.6 Å². The number of nitrogens with zero attached hydrogens (tertiary/aromatic N) is 1. The van der Waals surface area contributed by atoms with Crippen molar-refractivity contribution in [3.8, 4) is 5.75 Å². The molecule has 0 unspecified atom stereocenters. The van der Waals surface area contributed by atoms with Gasteiger partial charge in [-0.3, -0.25) is 15.5 Å². The van der Waals surface area contributed by atoms with Gasteiger partial charge in [0.05, 0.1) is 10.5 Å². The number of allylic oxidation sites excluding steroid dienone is 1. The Hall–Kier alpha value is -3.11. The number of rotatable bonds is 5. The second-order valence-electron chi connectivity index (χ2n) is 5.48. The van der Waals surface area contributed by atoms with Crippen LogP contribution in [0.25, 0.3) is 0 Å². The molecule has 0 bridgehead atoms. The van der Waals surface area contributed by atoms with Crippen LogP contribution in [-0.2, 0) is 6.18 Å². The molecule has 142 valence electrons.